The van der Waals surface area contributed by atoms with Crippen LogP contribution in [0, 0.1) is 0 Å². The molecule has 6 nitrogen and oxygen atoms in total. The summed E-state index contributed by atoms with van der Waals surface area (Å²) in [4.78, 5) is 11.4. The molecular weight excluding hydrogens is 389 g/mol. The van der Waals surface area contributed by atoms with Crippen molar-refractivity contribution in [3.63, 3.8) is 0 Å². The van der Waals surface area contributed by atoms with Crippen LogP contribution >= 0.6 is 24.0 Å². The fraction of sp³-hybridized carbons (Fsp3) is 0.0625. The van der Waals surface area contributed by atoms with Crippen molar-refractivity contribution in [2.45, 2.75) is 11.4 Å². The fourth-order valence-electron chi connectivity index (χ4n) is 2.23. The van der Waals surface area contributed by atoms with Gasteiger partial charge in [0.05, 0.1) is 0 Å². The van der Waals surface area contributed by atoms with Crippen molar-refractivity contribution in [3.8, 4) is 5.75 Å². The standard InChI is InChI=1S/C16H12ClNO5S.ClH/c17-11-2-1-3-13(7-11)24(20,21)23-12-4-5-14-10(9-18)6-16(19)22-15(14)8-12;/h1-8H,9,18H2;1H. The maximum atomic E-state index is 12.3. The molecule has 0 saturated heterocycles. The average Bonchev–Trinajstić information content (AvgIpc) is 2.53. The second-order valence-corrected chi connectivity index (χ2v) is 6.93. The molecule has 0 radical (unpaired) electrons. The van der Waals surface area contributed by atoms with E-state index in [1.165, 1.54) is 36.4 Å². The monoisotopic (exact) mass is 401 g/mol. The third-order valence-electron chi connectivity index (χ3n) is 3.31. The van der Waals surface area contributed by atoms with Crippen LogP contribution in [0.3, 0.4) is 0 Å². The van der Waals surface area contributed by atoms with Crippen LogP contribution < -0.4 is 15.5 Å². The summed E-state index contributed by atoms with van der Waals surface area (Å²) in [6.45, 7) is 0.156. The lowest BCUT2D eigenvalue weighted by atomic mass is 10.1. The lowest BCUT2D eigenvalue weighted by Crippen LogP contribution is -2.10. The molecular formula is C16H13Cl2NO5S. The quantitative estimate of drug-likeness (QED) is 0.532. The van der Waals surface area contributed by atoms with Crippen LogP contribution in [-0.2, 0) is 16.7 Å². The Morgan fingerprint density at radius 2 is 1.88 bits per heavy atom. The van der Waals surface area contributed by atoms with Crippen LogP contribution in [0.5, 0.6) is 5.75 Å². The Morgan fingerprint density at radius 3 is 2.56 bits per heavy atom. The van der Waals surface area contributed by atoms with E-state index in [0.717, 1.165) is 0 Å². The first-order chi connectivity index (χ1) is 11.4. The highest BCUT2D eigenvalue weighted by Crippen LogP contribution is 2.26. The van der Waals surface area contributed by atoms with Gasteiger partial charge in [0.1, 0.15) is 16.2 Å². The van der Waals surface area contributed by atoms with E-state index in [-0.39, 0.29) is 40.2 Å². The van der Waals surface area contributed by atoms with Crippen LogP contribution in [-0.4, -0.2) is 8.42 Å². The van der Waals surface area contributed by atoms with E-state index in [2.05, 4.69) is 0 Å². The van der Waals surface area contributed by atoms with Gasteiger partial charge in [-0.2, -0.15) is 8.42 Å². The predicted molar refractivity (Wildman–Crippen MR) is 96.9 cm³/mol. The Hall–Kier alpha value is -2.06. The van der Waals surface area contributed by atoms with Crippen molar-refractivity contribution < 1.29 is 17.0 Å². The van der Waals surface area contributed by atoms with E-state index in [1.807, 2.05) is 0 Å². The zero-order chi connectivity index (χ0) is 17.3. The summed E-state index contributed by atoms with van der Waals surface area (Å²) in [5.41, 5.74) is 5.82. The number of hydrogen-bond donors (Lipinski definition) is 1. The molecule has 0 spiro atoms. The van der Waals surface area contributed by atoms with Crippen molar-refractivity contribution in [1.29, 1.82) is 0 Å². The number of rotatable bonds is 4. The summed E-state index contributed by atoms with van der Waals surface area (Å²) in [5, 5.41) is 0.890. The van der Waals surface area contributed by atoms with Crippen LogP contribution in [0.2, 0.25) is 5.02 Å². The number of hydrogen-bond acceptors (Lipinski definition) is 6. The summed E-state index contributed by atoms with van der Waals surface area (Å²) in [6, 6.07) is 11.4. The summed E-state index contributed by atoms with van der Waals surface area (Å²) in [7, 11) is -4.06. The molecule has 3 rings (SSSR count). The molecule has 9 heteroatoms. The number of fused-ring (bicyclic) bond motifs is 1. The highest BCUT2D eigenvalue weighted by molar-refractivity contribution is 7.87. The molecule has 0 aliphatic rings. The van der Waals surface area contributed by atoms with E-state index in [9.17, 15) is 13.2 Å². The molecule has 0 aliphatic heterocycles. The second-order valence-electron chi connectivity index (χ2n) is 4.95. The highest BCUT2D eigenvalue weighted by atomic mass is 35.5. The van der Waals surface area contributed by atoms with Gasteiger partial charge in [-0.25, -0.2) is 4.79 Å². The van der Waals surface area contributed by atoms with Gasteiger partial charge in [0.15, 0.2) is 0 Å². The summed E-state index contributed by atoms with van der Waals surface area (Å²) in [6.07, 6.45) is 0. The molecule has 3 aromatic rings. The zero-order valence-electron chi connectivity index (χ0n) is 12.6. The number of halogens is 2. The summed E-state index contributed by atoms with van der Waals surface area (Å²) < 4.78 is 34.7. The minimum atomic E-state index is -4.06. The average molecular weight is 402 g/mol. The predicted octanol–water partition coefficient (Wildman–Crippen LogP) is 3.09. The van der Waals surface area contributed by atoms with Gasteiger partial charge in [-0.05, 0) is 35.9 Å². The van der Waals surface area contributed by atoms with Gasteiger partial charge in [-0.1, -0.05) is 17.7 Å². The molecule has 1 heterocycles. The van der Waals surface area contributed by atoms with Gasteiger partial charge in [-0.3, -0.25) is 0 Å². The summed E-state index contributed by atoms with van der Waals surface area (Å²) in [5.74, 6) is 0.0137. The molecule has 0 aliphatic carbocycles. The molecule has 25 heavy (non-hydrogen) atoms. The van der Waals surface area contributed by atoms with Crippen molar-refractivity contribution in [2.24, 2.45) is 5.73 Å². The lowest BCUT2D eigenvalue weighted by molar-refractivity contribution is 0.485. The van der Waals surface area contributed by atoms with Crippen molar-refractivity contribution in [2.75, 3.05) is 0 Å². The Balaban J connectivity index is 0.00000225. The van der Waals surface area contributed by atoms with Gasteiger partial charge in [-0.15, -0.1) is 12.4 Å². The number of benzene rings is 2. The van der Waals surface area contributed by atoms with Crippen LogP contribution in [0.15, 0.2) is 62.6 Å². The van der Waals surface area contributed by atoms with Gasteiger partial charge in [0.2, 0.25) is 0 Å². The molecule has 2 N–H and O–H groups in total. The maximum Gasteiger partial charge on any atom is 0.339 e. The normalized spacial score (nSPS) is 11.1. The smallest absolute Gasteiger partial charge is 0.339 e. The first-order valence-electron chi connectivity index (χ1n) is 6.86. The summed E-state index contributed by atoms with van der Waals surface area (Å²) >= 11 is 5.80. The van der Waals surface area contributed by atoms with Crippen LogP contribution in [0.25, 0.3) is 11.0 Å². The lowest BCUT2D eigenvalue weighted by Gasteiger charge is -2.09. The molecule has 0 unspecified atom stereocenters. The molecule has 0 atom stereocenters. The molecule has 1 aromatic heterocycles. The van der Waals surface area contributed by atoms with E-state index in [1.54, 1.807) is 12.1 Å². The maximum absolute atomic E-state index is 12.3. The first-order valence-corrected chi connectivity index (χ1v) is 8.64. The highest BCUT2D eigenvalue weighted by Gasteiger charge is 2.18. The Morgan fingerprint density at radius 1 is 1.12 bits per heavy atom. The Bertz CT molecular complexity index is 1080. The number of nitrogens with two attached hydrogens (primary N) is 1. The molecule has 0 bridgehead atoms. The van der Waals surface area contributed by atoms with Crippen molar-refractivity contribution in [1.82, 2.24) is 0 Å². The molecule has 132 valence electrons. The van der Waals surface area contributed by atoms with Crippen LogP contribution in [0.1, 0.15) is 5.56 Å². The Labute approximate surface area is 154 Å². The van der Waals surface area contributed by atoms with E-state index >= 15 is 0 Å². The topological polar surface area (TPSA) is 99.6 Å². The van der Waals surface area contributed by atoms with E-state index in [4.69, 9.17) is 25.9 Å². The first kappa shape index (κ1) is 19.3. The third-order valence-corrected chi connectivity index (χ3v) is 4.79. The zero-order valence-corrected chi connectivity index (χ0v) is 15.0. The second kappa shape index (κ2) is 7.45. The fourth-order valence-corrected chi connectivity index (χ4v) is 3.45. The van der Waals surface area contributed by atoms with Gasteiger partial charge < -0.3 is 14.3 Å². The minimum absolute atomic E-state index is 0. The SMILES string of the molecule is Cl.NCc1cc(=O)oc2cc(OS(=O)(=O)c3cccc(Cl)c3)ccc12. The van der Waals surface area contributed by atoms with Crippen LogP contribution in [0.4, 0.5) is 0 Å². The largest absolute Gasteiger partial charge is 0.423 e. The molecule has 0 saturated carbocycles. The molecule has 2 aromatic carbocycles. The molecule has 0 amide bonds. The third kappa shape index (κ3) is 4.13. The van der Waals surface area contributed by atoms with E-state index in [0.29, 0.717) is 10.9 Å². The minimum Gasteiger partial charge on any atom is -0.423 e. The molecule has 0 fully saturated rings. The van der Waals surface area contributed by atoms with Crippen molar-refractivity contribution in [3.05, 3.63) is 69.5 Å². The van der Waals surface area contributed by atoms with Gasteiger partial charge in [0.25, 0.3) is 0 Å². The van der Waals surface area contributed by atoms with E-state index < -0.39 is 15.7 Å². The van der Waals surface area contributed by atoms with Gasteiger partial charge >= 0.3 is 15.7 Å². The van der Waals surface area contributed by atoms with Gasteiger partial charge in [0, 0.05) is 29.1 Å². The van der Waals surface area contributed by atoms with Crippen molar-refractivity contribution >= 4 is 45.1 Å². The Kier molecular flexibility index (Phi) is 5.74.